The molecule has 1 aliphatic heterocycles. The zero-order chi connectivity index (χ0) is 17.7. The Morgan fingerprint density at radius 2 is 2.00 bits per heavy atom. The molecule has 3 aromatic rings. The van der Waals surface area contributed by atoms with E-state index in [1.54, 1.807) is 23.4 Å². The van der Waals surface area contributed by atoms with Gasteiger partial charge in [0.1, 0.15) is 11.3 Å². The standard InChI is InChI=1S/C16H18N6O3/c1-5-12-17-15(25-20-12)14-10-6-22(7-11(10)21(4)18-14)16(23)13-8(2)19-24-9(13)3/h5-7H2,1-4H3. The number of amides is 1. The van der Waals surface area contributed by atoms with Crippen molar-refractivity contribution in [1.29, 1.82) is 0 Å². The maximum atomic E-state index is 12.9. The first kappa shape index (κ1) is 15.6. The Hall–Kier alpha value is -2.97. The van der Waals surface area contributed by atoms with Gasteiger partial charge in [-0.05, 0) is 13.8 Å². The Labute approximate surface area is 143 Å². The van der Waals surface area contributed by atoms with Crippen LogP contribution in [0.5, 0.6) is 0 Å². The van der Waals surface area contributed by atoms with Crippen LogP contribution in [0.4, 0.5) is 0 Å². The summed E-state index contributed by atoms with van der Waals surface area (Å²) in [6.45, 7) is 6.38. The molecule has 4 rings (SSSR count). The molecule has 0 saturated carbocycles. The number of fused-ring (bicyclic) bond motifs is 1. The summed E-state index contributed by atoms with van der Waals surface area (Å²) in [5.74, 6) is 1.45. The van der Waals surface area contributed by atoms with Crippen LogP contribution >= 0.6 is 0 Å². The van der Waals surface area contributed by atoms with Gasteiger partial charge in [0.2, 0.25) is 0 Å². The lowest BCUT2D eigenvalue weighted by Gasteiger charge is -2.15. The number of carbonyl (C=O) groups is 1. The lowest BCUT2D eigenvalue weighted by molar-refractivity contribution is 0.0746. The largest absolute Gasteiger partial charge is 0.361 e. The van der Waals surface area contributed by atoms with E-state index in [2.05, 4.69) is 20.4 Å². The number of nitrogens with zero attached hydrogens (tertiary/aromatic N) is 6. The van der Waals surface area contributed by atoms with E-state index in [0.29, 0.717) is 53.9 Å². The Balaban J connectivity index is 1.67. The van der Waals surface area contributed by atoms with Gasteiger partial charge in [0.05, 0.1) is 24.5 Å². The maximum Gasteiger partial charge on any atom is 0.278 e. The molecule has 0 unspecified atom stereocenters. The van der Waals surface area contributed by atoms with Gasteiger partial charge in [0.15, 0.2) is 11.5 Å². The molecule has 0 radical (unpaired) electrons. The first-order valence-corrected chi connectivity index (χ1v) is 8.09. The van der Waals surface area contributed by atoms with Crippen LogP contribution < -0.4 is 0 Å². The topological polar surface area (TPSA) is 103 Å². The van der Waals surface area contributed by atoms with Gasteiger partial charge in [-0.3, -0.25) is 9.48 Å². The van der Waals surface area contributed by atoms with Crippen molar-refractivity contribution in [3.05, 3.63) is 34.1 Å². The molecule has 9 heteroatoms. The minimum Gasteiger partial charge on any atom is -0.361 e. The predicted octanol–water partition coefficient (Wildman–Crippen LogP) is 1.79. The fourth-order valence-electron chi connectivity index (χ4n) is 3.15. The minimum atomic E-state index is -0.0989. The van der Waals surface area contributed by atoms with Gasteiger partial charge in [-0.15, -0.1) is 0 Å². The fourth-order valence-corrected chi connectivity index (χ4v) is 3.15. The molecule has 0 N–H and O–H groups in total. The average molecular weight is 342 g/mol. The molecule has 0 spiro atoms. The quantitative estimate of drug-likeness (QED) is 0.715. The summed E-state index contributed by atoms with van der Waals surface area (Å²) in [6, 6.07) is 0. The number of hydrogen-bond acceptors (Lipinski definition) is 7. The van der Waals surface area contributed by atoms with Gasteiger partial charge in [-0.1, -0.05) is 17.2 Å². The lowest BCUT2D eigenvalue weighted by Crippen LogP contribution is -2.27. The molecule has 1 amide bonds. The number of aryl methyl sites for hydroxylation is 4. The second-order valence-corrected chi connectivity index (χ2v) is 6.13. The normalized spacial score (nSPS) is 13.5. The van der Waals surface area contributed by atoms with Gasteiger partial charge in [-0.25, -0.2) is 0 Å². The zero-order valence-corrected chi connectivity index (χ0v) is 14.5. The average Bonchev–Trinajstić information content (AvgIpc) is 3.33. The Morgan fingerprint density at radius 3 is 2.64 bits per heavy atom. The van der Waals surface area contributed by atoms with Crippen LogP contribution in [0.1, 0.15) is 45.8 Å². The first-order valence-electron chi connectivity index (χ1n) is 8.09. The highest BCUT2D eigenvalue weighted by atomic mass is 16.5. The number of hydrogen-bond donors (Lipinski definition) is 0. The van der Waals surface area contributed by atoms with Gasteiger partial charge in [0.25, 0.3) is 11.8 Å². The van der Waals surface area contributed by atoms with E-state index < -0.39 is 0 Å². The minimum absolute atomic E-state index is 0.0989. The second-order valence-electron chi connectivity index (χ2n) is 6.13. The summed E-state index contributed by atoms with van der Waals surface area (Å²) < 4.78 is 12.2. The van der Waals surface area contributed by atoms with E-state index in [1.807, 2.05) is 14.0 Å². The van der Waals surface area contributed by atoms with Crippen LogP contribution in [0, 0.1) is 13.8 Å². The van der Waals surface area contributed by atoms with Gasteiger partial charge in [-0.2, -0.15) is 10.1 Å². The number of rotatable bonds is 3. The fraction of sp³-hybridized carbons (Fsp3) is 0.438. The molecule has 0 aliphatic carbocycles. The summed E-state index contributed by atoms with van der Waals surface area (Å²) in [6.07, 6.45) is 0.690. The van der Waals surface area contributed by atoms with Crippen molar-refractivity contribution in [3.63, 3.8) is 0 Å². The molecular formula is C16H18N6O3. The van der Waals surface area contributed by atoms with Crippen LogP contribution in [0.15, 0.2) is 9.05 Å². The summed E-state index contributed by atoms with van der Waals surface area (Å²) in [7, 11) is 1.85. The summed E-state index contributed by atoms with van der Waals surface area (Å²) >= 11 is 0. The zero-order valence-electron chi connectivity index (χ0n) is 14.5. The molecule has 0 atom stereocenters. The first-order chi connectivity index (χ1) is 12.0. The molecule has 0 saturated heterocycles. The number of carbonyl (C=O) groups excluding carboxylic acids is 1. The number of aromatic nitrogens is 5. The van der Waals surface area contributed by atoms with E-state index >= 15 is 0 Å². The van der Waals surface area contributed by atoms with Crippen molar-refractivity contribution in [3.8, 4) is 11.6 Å². The van der Waals surface area contributed by atoms with Crippen molar-refractivity contribution in [2.75, 3.05) is 0 Å². The van der Waals surface area contributed by atoms with Crippen molar-refractivity contribution in [2.24, 2.45) is 7.05 Å². The lowest BCUT2D eigenvalue weighted by atomic mass is 10.2. The molecule has 3 aromatic heterocycles. The Kier molecular flexibility index (Phi) is 3.45. The monoisotopic (exact) mass is 342 g/mol. The molecule has 0 fully saturated rings. The second kappa shape index (κ2) is 5.54. The molecule has 4 heterocycles. The SMILES string of the molecule is CCc1noc(-c2nn(C)c3c2CN(C(=O)c2c(C)noc2C)C3)n1. The van der Waals surface area contributed by atoms with Crippen LogP contribution in [-0.4, -0.2) is 35.9 Å². The summed E-state index contributed by atoms with van der Waals surface area (Å²) in [5, 5.41) is 12.3. The Morgan fingerprint density at radius 1 is 1.20 bits per heavy atom. The van der Waals surface area contributed by atoms with Crippen molar-refractivity contribution in [2.45, 2.75) is 40.3 Å². The third kappa shape index (κ3) is 2.34. The highest BCUT2D eigenvalue weighted by Crippen LogP contribution is 2.32. The molecule has 1 aliphatic rings. The van der Waals surface area contributed by atoms with Gasteiger partial charge in [0, 0.05) is 19.0 Å². The molecule has 130 valence electrons. The smallest absolute Gasteiger partial charge is 0.278 e. The summed E-state index contributed by atoms with van der Waals surface area (Å²) in [4.78, 5) is 19.0. The Bertz CT molecular complexity index is 947. The third-order valence-electron chi connectivity index (χ3n) is 4.49. The van der Waals surface area contributed by atoms with E-state index in [0.717, 1.165) is 11.3 Å². The molecule has 25 heavy (non-hydrogen) atoms. The van der Waals surface area contributed by atoms with Crippen molar-refractivity contribution >= 4 is 5.91 Å². The van der Waals surface area contributed by atoms with Gasteiger partial charge >= 0.3 is 0 Å². The van der Waals surface area contributed by atoms with Crippen molar-refractivity contribution in [1.82, 2.24) is 30.0 Å². The van der Waals surface area contributed by atoms with E-state index in [1.165, 1.54) is 0 Å². The van der Waals surface area contributed by atoms with Crippen molar-refractivity contribution < 1.29 is 13.8 Å². The molecular weight excluding hydrogens is 324 g/mol. The van der Waals surface area contributed by atoms with Gasteiger partial charge < -0.3 is 13.9 Å². The van der Waals surface area contributed by atoms with E-state index in [4.69, 9.17) is 9.05 Å². The van der Waals surface area contributed by atoms with Crippen LogP contribution in [-0.2, 0) is 26.6 Å². The summed E-state index contributed by atoms with van der Waals surface area (Å²) in [5.41, 5.74) is 3.66. The molecule has 9 nitrogen and oxygen atoms in total. The maximum absolute atomic E-state index is 12.9. The van der Waals surface area contributed by atoms with Crippen LogP contribution in [0.3, 0.4) is 0 Å². The van der Waals surface area contributed by atoms with Crippen LogP contribution in [0.25, 0.3) is 11.6 Å². The highest BCUT2D eigenvalue weighted by Gasteiger charge is 2.34. The third-order valence-corrected chi connectivity index (χ3v) is 4.49. The van der Waals surface area contributed by atoms with E-state index in [-0.39, 0.29) is 5.91 Å². The molecule has 0 bridgehead atoms. The molecule has 0 aromatic carbocycles. The predicted molar refractivity (Wildman–Crippen MR) is 85.4 cm³/mol. The highest BCUT2D eigenvalue weighted by molar-refractivity contribution is 5.96. The van der Waals surface area contributed by atoms with Crippen LogP contribution in [0.2, 0.25) is 0 Å². The van der Waals surface area contributed by atoms with E-state index in [9.17, 15) is 4.79 Å².